The molecule has 0 unspecified atom stereocenters. The maximum atomic E-state index is 12.5. The number of para-hydroxylation sites is 1. The van der Waals surface area contributed by atoms with Crippen LogP contribution in [-0.4, -0.2) is 42.5 Å². The topological polar surface area (TPSA) is 39.9 Å². The first-order valence-electron chi connectivity index (χ1n) is 9.31. The number of benzene rings is 2. The fourth-order valence-electron chi connectivity index (χ4n) is 3.88. The van der Waals surface area contributed by atoms with E-state index in [-0.39, 0.29) is 5.91 Å². The number of carbonyl (C=O) groups excluding carboxylic acids is 1. The van der Waals surface area contributed by atoms with Crippen molar-refractivity contribution in [2.75, 3.05) is 29.9 Å². The van der Waals surface area contributed by atoms with Gasteiger partial charge in [-0.25, -0.2) is 4.85 Å². The summed E-state index contributed by atoms with van der Waals surface area (Å²) >= 11 is 0. The van der Waals surface area contributed by atoms with Crippen LogP contribution < -0.4 is 10.2 Å². The molecule has 3 rings (SSSR count). The molecule has 2 aromatic rings. The van der Waals surface area contributed by atoms with E-state index in [1.807, 2.05) is 55.5 Å². The number of nitrogens with zero attached hydrogens (tertiary/aromatic N) is 3. The molecular weight excluding hydrogens is 336 g/mol. The Bertz CT molecular complexity index is 828. The number of amides is 1. The van der Waals surface area contributed by atoms with Crippen molar-refractivity contribution < 1.29 is 4.79 Å². The predicted octanol–water partition coefficient (Wildman–Crippen LogP) is 4.08. The Morgan fingerprint density at radius 2 is 1.74 bits per heavy atom. The summed E-state index contributed by atoms with van der Waals surface area (Å²) in [6.45, 7) is 15.5. The first kappa shape index (κ1) is 18.9. The van der Waals surface area contributed by atoms with Crippen molar-refractivity contribution in [2.45, 2.75) is 32.9 Å². The molecule has 1 fully saturated rings. The Morgan fingerprint density at radius 1 is 1.11 bits per heavy atom. The van der Waals surface area contributed by atoms with Crippen molar-refractivity contribution in [1.29, 1.82) is 0 Å². The average molecular weight is 362 g/mol. The van der Waals surface area contributed by atoms with Gasteiger partial charge >= 0.3 is 0 Å². The van der Waals surface area contributed by atoms with Gasteiger partial charge in [0.2, 0.25) is 5.91 Å². The zero-order chi connectivity index (χ0) is 19.4. The number of carbonyl (C=O) groups is 1. The minimum absolute atomic E-state index is 0.0264. The molecule has 1 aliphatic heterocycles. The van der Waals surface area contributed by atoms with E-state index in [0.717, 1.165) is 30.0 Å². The highest BCUT2D eigenvalue weighted by Gasteiger charge is 2.30. The molecule has 5 nitrogen and oxygen atoms in total. The van der Waals surface area contributed by atoms with Crippen LogP contribution in [0.25, 0.3) is 4.85 Å². The van der Waals surface area contributed by atoms with Gasteiger partial charge in [0.25, 0.3) is 0 Å². The molecule has 0 saturated carbocycles. The molecule has 27 heavy (non-hydrogen) atoms. The van der Waals surface area contributed by atoms with Gasteiger partial charge in [0.15, 0.2) is 5.69 Å². The lowest BCUT2D eigenvalue weighted by molar-refractivity contribution is -0.117. The van der Waals surface area contributed by atoms with E-state index >= 15 is 0 Å². The van der Waals surface area contributed by atoms with Gasteiger partial charge in [0.05, 0.1) is 13.1 Å². The summed E-state index contributed by atoms with van der Waals surface area (Å²) in [4.78, 5) is 20.5. The van der Waals surface area contributed by atoms with Gasteiger partial charge in [-0.2, -0.15) is 0 Å². The summed E-state index contributed by atoms with van der Waals surface area (Å²) in [5.41, 5.74) is 3.74. The van der Waals surface area contributed by atoms with Crippen molar-refractivity contribution in [3.05, 3.63) is 65.5 Å². The molecule has 2 atom stereocenters. The first-order chi connectivity index (χ1) is 13.0. The number of piperazine rings is 1. The van der Waals surface area contributed by atoms with Crippen molar-refractivity contribution in [3.63, 3.8) is 0 Å². The van der Waals surface area contributed by atoms with Crippen LogP contribution in [0.4, 0.5) is 17.1 Å². The molecule has 5 heteroatoms. The molecule has 1 aliphatic rings. The molecule has 140 valence electrons. The minimum Gasteiger partial charge on any atom is -0.364 e. The number of aryl methyl sites for hydroxylation is 1. The second-order valence-electron chi connectivity index (χ2n) is 7.29. The molecule has 1 heterocycles. The number of rotatable bonds is 4. The Kier molecular flexibility index (Phi) is 5.78. The van der Waals surface area contributed by atoms with Gasteiger partial charge in [0, 0.05) is 36.5 Å². The van der Waals surface area contributed by atoms with E-state index < -0.39 is 0 Å². The van der Waals surface area contributed by atoms with E-state index in [4.69, 9.17) is 6.57 Å². The van der Waals surface area contributed by atoms with E-state index in [0.29, 0.717) is 24.3 Å². The van der Waals surface area contributed by atoms with Gasteiger partial charge in [-0.1, -0.05) is 30.3 Å². The predicted molar refractivity (Wildman–Crippen MR) is 110 cm³/mol. The van der Waals surface area contributed by atoms with Crippen LogP contribution in [0.2, 0.25) is 0 Å². The number of anilines is 2. The smallest absolute Gasteiger partial charge is 0.238 e. The Balaban J connectivity index is 1.61. The maximum Gasteiger partial charge on any atom is 0.238 e. The highest BCUT2D eigenvalue weighted by atomic mass is 16.2. The fourth-order valence-corrected chi connectivity index (χ4v) is 3.88. The average Bonchev–Trinajstić information content (AvgIpc) is 2.63. The Hall–Kier alpha value is -2.84. The van der Waals surface area contributed by atoms with Crippen molar-refractivity contribution in [2.24, 2.45) is 0 Å². The highest BCUT2D eigenvalue weighted by Crippen LogP contribution is 2.27. The molecule has 0 bridgehead atoms. The van der Waals surface area contributed by atoms with Gasteiger partial charge in [-0.05, 0) is 44.5 Å². The minimum atomic E-state index is 0.0264. The maximum absolute atomic E-state index is 12.5. The molecule has 0 radical (unpaired) electrons. The third-order valence-electron chi connectivity index (χ3n) is 5.06. The third kappa shape index (κ3) is 4.47. The molecule has 2 aromatic carbocycles. The fraction of sp³-hybridized carbons (Fsp3) is 0.364. The quantitative estimate of drug-likeness (QED) is 0.833. The van der Waals surface area contributed by atoms with Gasteiger partial charge in [-0.3, -0.25) is 9.69 Å². The van der Waals surface area contributed by atoms with Gasteiger partial charge < -0.3 is 10.2 Å². The molecule has 1 N–H and O–H groups in total. The van der Waals surface area contributed by atoms with E-state index in [9.17, 15) is 4.79 Å². The number of nitrogens with one attached hydrogen (secondary N) is 1. The van der Waals surface area contributed by atoms with Crippen molar-refractivity contribution in [1.82, 2.24) is 4.90 Å². The van der Waals surface area contributed by atoms with Crippen LogP contribution in [0.15, 0.2) is 48.5 Å². The summed E-state index contributed by atoms with van der Waals surface area (Å²) in [5, 5.41) is 3.02. The van der Waals surface area contributed by atoms with E-state index in [1.165, 1.54) is 0 Å². The van der Waals surface area contributed by atoms with Gasteiger partial charge in [-0.15, -0.1) is 0 Å². The Labute approximate surface area is 161 Å². The SMILES string of the molecule is [C-]#[N+]c1ccc(N2[C@H](C)CN(CC(=O)Nc3ccccc3C)C[C@@H]2C)cc1. The normalized spacial score (nSPS) is 20.1. The molecule has 0 aromatic heterocycles. The number of hydrogen-bond donors (Lipinski definition) is 1. The standard InChI is InChI=1S/C22H26N4O/c1-16-7-5-6-8-21(16)24-22(27)15-25-13-17(2)26(18(3)14-25)20-11-9-19(23-4)10-12-20/h5-12,17-18H,13-15H2,1-3H3,(H,24,27)/t17-,18+. The summed E-state index contributed by atoms with van der Waals surface area (Å²) < 4.78 is 0. The van der Waals surface area contributed by atoms with Crippen molar-refractivity contribution >= 4 is 23.0 Å². The lowest BCUT2D eigenvalue weighted by Gasteiger charge is -2.45. The molecular formula is C22H26N4O. The Morgan fingerprint density at radius 3 is 2.33 bits per heavy atom. The zero-order valence-corrected chi connectivity index (χ0v) is 16.1. The van der Waals surface area contributed by atoms with Crippen LogP contribution in [0, 0.1) is 13.5 Å². The summed E-state index contributed by atoms with van der Waals surface area (Å²) in [5.74, 6) is 0.0264. The van der Waals surface area contributed by atoms with Crippen LogP contribution in [0.5, 0.6) is 0 Å². The summed E-state index contributed by atoms with van der Waals surface area (Å²) in [6.07, 6.45) is 0. The largest absolute Gasteiger partial charge is 0.364 e. The van der Waals surface area contributed by atoms with Crippen LogP contribution in [0.1, 0.15) is 19.4 Å². The second kappa shape index (κ2) is 8.24. The van der Waals surface area contributed by atoms with E-state index in [1.54, 1.807) is 0 Å². The third-order valence-corrected chi connectivity index (χ3v) is 5.06. The molecule has 0 spiro atoms. The van der Waals surface area contributed by atoms with Crippen LogP contribution in [-0.2, 0) is 4.79 Å². The molecule has 1 saturated heterocycles. The first-order valence-corrected chi connectivity index (χ1v) is 9.31. The van der Waals surface area contributed by atoms with Crippen molar-refractivity contribution in [3.8, 4) is 0 Å². The van der Waals surface area contributed by atoms with Crippen LogP contribution >= 0.6 is 0 Å². The molecule has 1 amide bonds. The molecule has 0 aliphatic carbocycles. The second-order valence-corrected chi connectivity index (χ2v) is 7.29. The lowest BCUT2D eigenvalue weighted by atomic mass is 10.1. The zero-order valence-electron chi connectivity index (χ0n) is 16.1. The van der Waals surface area contributed by atoms with Crippen LogP contribution in [0.3, 0.4) is 0 Å². The lowest BCUT2D eigenvalue weighted by Crippen LogP contribution is -2.58. The summed E-state index contributed by atoms with van der Waals surface area (Å²) in [6, 6.07) is 16.2. The van der Waals surface area contributed by atoms with Gasteiger partial charge in [0.1, 0.15) is 0 Å². The summed E-state index contributed by atoms with van der Waals surface area (Å²) in [7, 11) is 0. The highest BCUT2D eigenvalue weighted by molar-refractivity contribution is 5.93. The number of hydrogen-bond acceptors (Lipinski definition) is 3. The monoisotopic (exact) mass is 362 g/mol. The van der Waals surface area contributed by atoms with E-state index in [2.05, 4.69) is 33.8 Å².